The van der Waals surface area contributed by atoms with Gasteiger partial charge in [0.1, 0.15) is 0 Å². The minimum Gasteiger partial charge on any atom is -0.300 e. The lowest BCUT2D eigenvalue weighted by molar-refractivity contribution is -0.117. The highest BCUT2D eigenvalue weighted by molar-refractivity contribution is 5.91. The molecule has 14 heavy (non-hydrogen) atoms. The predicted octanol–water partition coefficient (Wildman–Crippen LogP) is 2.25. The van der Waals surface area contributed by atoms with Gasteiger partial charge in [-0.15, -0.1) is 0 Å². The van der Waals surface area contributed by atoms with Crippen LogP contribution in [0.25, 0.3) is 0 Å². The molecule has 0 spiro atoms. The average Bonchev–Trinajstić information content (AvgIpc) is 2.69. The highest BCUT2D eigenvalue weighted by Gasteiger charge is 2.10. The van der Waals surface area contributed by atoms with Crippen LogP contribution >= 0.6 is 0 Å². The van der Waals surface area contributed by atoms with Crippen molar-refractivity contribution in [3.63, 3.8) is 0 Å². The maximum absolute atomic E-state index is 11.4. The predicted molar refractivity (Wildman–Crippen MR) is 59.3 cm³/mol. The number of allylic oxidation sites excluding steroid dienone is 1. The van der Waals surface area contributed by atoms with Crippen LogP contribution in [0.15, 0.2) is 12.2 Å². The smallest absolute Gasteiger partial charge is 0.158 e. The van der Waals surface area contributed by atoms with Gasteiger partial charge in [-0.25, -0.2) is 0 Å². The highest BCUT2D eigenvalue weighted by atomic mass is 16.1. The molecule has 1 aliphatic rings. The molecule has 1 aliphatic heterocycles. The van der Waals surface area contributed by atoms with Crippen molar-refractivity contribution in [2.45, 2.75) is 33.1 Å². The van der Waals surface area contributed by atoms with Crippen molar-refractivity contribution < 1.29 is 4.79 Å². The molecule has 0 radical (unpaired) electrons. The highest BCUT2D eigenvalue weighted by Crippen LogP contribution is 2.07. The van der Waals surface area contributed by atoms with Crippen molar-refractivity contribution in [3.05, 3.63) is 12.2 Å². The third-order valence-electron chi connectivity index (χ3n) is 2.94. The van der Waals surface area contributed by atoms with Gasteiger partial charge in [0.25, 0.3) is 0 Å². The number of likely N-dealkylation sites (tertiary alicyclic amines) is 1. The zero-order valence-corrected chi connectivity index (χ0v) is 9.33. The maximum atomic E-state index is 11.4. The molecule has 2 heteroatoms. The number of nitrogens with zero attached hydrogens (tertiary/aromatic N) is 1. The van der Waals surface area contributed by atoms with Crippen molar-refractivity contribution in [3.8, 4) is 0 Å². The molecule has 1 atom stereocenters. The summed E-state index contributed by atoms with van der Waals surface area (Å²) in [4.78, 5) is 13.8. The van der Waals surface area contributed by atoms with Crippen LogP contribution in [0.4, 0.5) is 0 Å². The minimum absolute atomic E-state index is 0.185. The Morgan fingerprint density at radius 1 is 1.43 bits per heavy atom. The standard InChI is InChI=1S/C12H21NO/c1-3-11(2)12(14)7-6-10-13-8-4-5-9-13/h6-7,11H,3-5,8-10H2,1-2H3/b7-6+. The van der Waals surface area contributed by atoms with Gasteiger partial charge in [0.15, 0.2) is 5.78 Å². The van der Waals surface area contributed by atoms with Gasteiger partial charge >= 0.3 is 0 Å². The van der Waals surface area contributed by atoms with E-state index in [4.69, 9.17) is 0 Å². The monoisotopic (exact) mass is 195 g/mol. The zero-order valence-electron chi connectivity index (χ0n) is 9.33. The van der Waals surface area contributed by atoms with Crippen LogP contribution in [0.1, 0.15) is 33.1 Å². The molecule has 2 nitrogen and oxygen atoms in total. The van der Waals surface area contributed by atoms with Crippen LogP contribution in [0, 0.1) is 5.92 Å². The quantitative estimate of drug-likeness (QED) is 0.627. The van der Waals surface area contributed by atoms with Crippen molar-refractivity contribution in [2.75, 3.05) is 19.6 Å². The van der Waals surface area contributed by atoms with E-state index < -0.39 is 0 Å². The lowest BCUT2D eigenvalue weighted by Gasteiger charge is -2.10. The second-order valence-corrected chi connectivity index (χ2v) is 4.12. The molecule has 0 bridgehead atoms. The first kappa shape index (κ1) is 11.4. The van der Waals surface area contributed by atoms with E-state index in [1.807, 2.05) is 13.0 Å². The third-order valence-corrected chi connectivity index (χ3v) is 2.94. The van der Waals surface area contributed by atoms with Gasteiger partial charge in [-0.1, -0.05) is 19.9 Å². The molecule has 0 saturated carbocycles. The molecule has 1 heterocycles. The third kappa shape index (κ3) is 3.62. The summed E-state index contributed by atoms with van der Waals surface area (Å²) in [6.07, 6.45) is 7.33. The van der Waals surface area contributed by atoms with Gasteiger partial charge in [-0.3, -0.25) is 9.69 Å². The number of carbonyl (C=O) groups is 1. The van der Waals surface area contributed by atoms with E-state index in [1.54, 1.807) is 6.08 Å². The van der Waals surface area contributed by atoms with E-state index >= 15 is 0 Å². The van der Waals surface area contributed by atoms with Gasteiger partial charge < -0.3 is 0 Å². The Bertz CT molecular complexity index is 204. The normalized spacial score (nSPS) is 20.4. The summed E-state index contributed by atoms with van der Waals surface area (Å²) in [5, 5.41) is 0. The van der Waals surface area contributed by atoms with Crippen LogP contribution in [0.2, 0.25) is 0 Å². The lowest BCUT2D eigenvalue weighted by atomic mass is 10.0. The summed E-state index contributed by atoms with van der Waals surface area (Å²) in [6, 6.07) is 0. The Kier molecular flexibility index (Phi) is 4.88. The Morgan fingerprint density at radius 2 is 2.07 bits per heavy atom. The molecule has 1 unspecified atom stereocenters. The first-order valence-electron chi connectivity index (χ1n) is 5.66. The van der Waals surface area contributed by atoms with Crippen molar-refractivity contribution >= 4 is 5.78 Å². The summed E-state index contributed by atoms with van der Waals surface area (Å²) in [5.41, 5.74) is 0. The number of ketones is 1. The summed E-state index contributed by atoms with van der Waals surface area (Å²) in [7, 11) is 0. The van der Waals surface area contributed by atoms with Gasteiger partial charge in [-0.2, -0.15) is 0 Å². The van der Waals surface area contributed by atoms with E-state index in [-0.39, 0.29) is 11.7 Å². The molecule has 0 N–H and O–H groups in total. The van der Waals surface area contributed by atoms with Crippen LogP contribution in [-0.4, -0.2) is 30.3 Å². The number of hydrogen-bond acceptors (Lipinski definition) is 2. The molecule has 1 rings (SSSR count). The summed E-state index contributed by atoms with van der Waals surface area (Å²) >= 11 is 0. The number of hydrogen-bond donors (Lipinski definition) is 0. The summed E-state index contributed by atoms with van der Waals surface area (Å²) in [5.74, 6) is 0.455. The molecular formula is C12H21NO. The second kappa shape index (κ2) is 5.97. The van der Waals surface area contributed by atoms with E-state index in [2.05, 4.69) is 11.8 Å². The molecule has 1 fully saturated rings. The molecule has 80 valence electrons. The first-order chi connectivity index (χ1) is 6.74. The van der Waals surface area contributed by atoms with E-state index in [0.29, 0.717) is 0 Å². The van der Waals surface area contributed by atoms with Gasteiger partial charge in [0, 0.05) is 12.5 Å². The zero-order chi connectivity index (χ0) is 10.4. The topological polar surface area (TPSA) is 20.3 Å². The van der Waals surface area contributed by atoms with E-state index in [0.717, 1.165) is 13.0 Å². The number of carbonyl (C=O) groups excluding carboxylic acids is 1. The molecule has 1 saturated heterocycles. The van der Waals surface area contributed by atoms with Crippen LogP contribution in [0.5, 0.6) is 0 Å². The van der Waals surface area contributed by atoms with Crippen molar-refractivity contribution in [1.29, 1.82) is 0 Å². The Hall–Kier alpha value is -0.630. The fourth-order valence-electron chi connectivity index (χ4n) is 1.65. The van der Waals surface area contributed by atoms with Crippen LogP contribution in [0.3, 0.4) is 0 Å². The summed E-state index contributed by atoms with van der Waals surface area (Å²) in [6.45, 7) is 7.38. The van der Waals surface area contributed by atoms with Gasteiger partial charge in [-0.05, 0) is 38.4 Å². The van der Waals surface area contributed by atoms with Crippen molar-refractivity contribution in [1.82, 2.24) is 4.90 Å². The molecular weight excluding hydrogens is 174 g/mol. The average molecular weight is 195 g/mol. The molecule has 0 aromatic carbocycles. The van der Waals surface area contributed by atoms with E-state index in [1.165, 1.54) is 25.9 Å². The lowest BCUT2D eigenvalue weighted by Crippen LogP contribution is -2.19. The fourth-order valence-corrected chi connectivity index (χ4v) is 1.65. The maximum Gasteiger partial charge on any atom is 0.158 e. The first-order valence-corrected chi connectivity index (χ1v) is 5.66. The molecule has 0 amide bonds. The van der Waals surface area contributed by atoms with Gasteiger partial charge in [0.2, 0.25) is 0 Å². The molecule has 0 aromatic heterocycles. The van der Waals surface area contributed by atoms with Crippen LogP contribution < -0.4 is 0 Å². The van der Waals surface area contributed by atoms with Crippen molar-refractivity contribution in [2.24, 2.45) is 5.92 Å². The molecule has 0 aromatic rings. The number of rotatable bonds is 5. The summed E-state index contributed by atoms with van der Waals surface area (Å²) < 4.78 is 0. The Morgan fingerprint density at radius 3 is 2.64 bits per heavy atom. The minimum atomic E-state index is 0.185. The largest absolute Gasteiger partial charge is 0.300 e. The fraction of sp³-hybridized carbons (Fsp3) is 0.750. The Balaban J connectivity index is 2.22. The van der Waals surface area contributed by atoms with Gasteiger partial charge in [0.05, 0.1) is 0 Å². The van der Waals surface area contributed by atoms with E-state index in [9.17, 15) is 4.79 Å². The Labute approximate surface area is 87.0 Å². The molecule has 0 aliphatic carbocycles. The SMILES string of the molecule is CCC(C)C(=O)/C=C/CN1CCCC1. The second-order valence-electron chi connectivity index (χ2n) is 4.12. The van der Waals surface area contributed by atoms with Crippen LogP contribution in [-0.2, 0) is 4.79 Å².